The van der Waals surface area contributed by atoms with Gasteiger partial charge in [-0.1, -0.05) is 24.3 Å². The van der Waals surface area contributed by atoms with Crippen molar-refractivity contribution in [3.8, 4) is 0 Å². The lowest BCUT2D eigenvalue weighted by molar-refractivity contribution is 0.255. The zero-order valence-electron chi connectivity index (χ0n) is 15.1. The summed E-state index contributed by atoms with van der Waals surface area (Å²) in [4.78, 5) is 16.7. The van der Waals surface area contributed by atoms with E-state index in [1.54, 1.807) is 9.80 Å². The molecule has 2 saturated heterocycles. The zero-order chi connectivity index (χ0) is 18.6. The van der Waals surface area contributed by atoms with E-state index in [-0.39, 0.29) is 29.6 Å². The molecular weight excluding hydrogens is 348 g/mol. The Morgan fingerprint density at radius 2 is 1.50 bits per heavy atom. The highest BCUT2D eigenvalue weighted by atomic mass is 32.2. The SMILES string of the molecule is Cc1ccc(N2C(=O)N(c3ccccc3C)[C@@H]3CS(=O)(=O)C[C@@H]32)cc1C. The van der Waals surface area contributed by atoms with Crippen LogP contribution in [0.5, 0.6) is 0 Å². The van der Waals surface area contributed by atoms with Gasteiger partial charge in [0, 0.05) is 11.4 Å². The molecule has 2 atom stereocenters. The molecule has 2 aromatic rings. The van der Waals surface area contributed by atoms with Gasteiger partial charge >= 0.3 is 6.03 Å². The molecule has 0 spiro atoms. The molecular formula is C20H22N2O3S. The van der Waals surface area contributed by atoms with E-state index >= 15 is 0 Å². The normalized spacial score (nSPS) is 24.2. The minimum absolute atomic E-state index is 0.0126. The molecule has 0 radical (unpaired) electrons. The number of urea groups is 1. The Balaban J connectivity index is 1.84. The number of hydrogen-bond acceptors (Lipinski definition) is 3. The topological polar surface area (TPSA) is 57.7 Å². The fourth-order valence-electron chi connectivity index (χ4n) is 4.00. The van der Waals surface area contributed by atoms with Crippen molar-refractivity contribution in [3.05, 3.63) is 59.2 Å². The van der Waals surface area contributed by atoms with Crippen LogP contribution in [0.2, 0.25) is 0 Å². The van der Waals surface area contributed by atoms with Crippen molar-refractivity contribution in [1.82, 2.24) is 0 Å². The van der Waals surface area contributed by atoms with E-state index in [1.807, 2.05) is 63.2 Å². The van der Waals surface area contributed by atoms with Crippen LogP contribution in [0.4, 0.5) is 16.2 Å². The molecule has 4 rings (SSSR count). The van der Waals surface area contributed by atoms with Gasteiger partial charge in [0.2, 0.25) is 0 Å². The van der Waals surface area contributed by atoms with Crippen molar-refractivity contribution in [2.75, 3.05) is 21.3 Å². The molecule has 5 nitrogen and oxygen atoms in total. The first-order valence-corrected chi connectivity index (χ1v) is 10.6. The molecule has 26 heavy (non-hydrogen) atoms. The minimum atomic E-state index is -3.18. The molecule has 2 amide bonds. The summed E-state index contributed by atoms with van der Waals surface area (Å²) in [6.07, 6.45) is 0. The average molecular weight is 370 g/mol. The highest BCUT2D eigenvalue weighted by molar-refractivity contribution is 7.91. The number of fused-ring (bicyclic) bond motifs is 1. The van der Waals surface area contributed by atoms with Gasteiger partial charge < -0.3 is 0 Å². The molecule has 0 saturated carbocycles. The molecule has 2 heterocycles. The number of amides is 2. The van der Waals surface area contributed by atoms with Crippen LogP contribution in [-0.2, 0) is 9.84 Å². The second kappa shape index (κ2) is 5.84. The van der Waals surface area contributed by atoms with Crippen LogP contribution in [-0.4, -0.2) is 38.0 Å². The predicted octanol–water partition coefficient (Wildman–Crippen LogP) is 3.22. The summed E-state index contributed by atoms with van der Waals surface area (Å²) in [6.45, 7) is 5.97. The second-order valence-electron chi connectivity index (χ2n) is 7.29. The summed E-state index contributed by atoms with van der Waals surface area (Å²) in [5.74, 6) is 0.0256. The van der Waals surface area contributed by atoms with Crippen LogP contribution in [0.15, 0.2) is 42.5 Å². The number of benzene rings is 2. The Labute approximate surface area is 154 Å². The van der Waals surface area contributed by atoms with E-state index < -0.39 is 9.84 Å². The number of carbonyl (C=O) groups is 1. The van der Waals surface area contributed by atoms with Gasteiger partial charge in [-0.05, 0) is 55.7 Å². The average Bonchev–Trinajstić information content (AvgIpc) is 3.00. The first kappa shape index (κ1) is 17.1. The smallest absolute Gasteiger partial charge is 0.288 e. The fourth-order valence-corrected chi connectivity index (χ4v) is 5.92. The van der Waals surface area contributed by atoms with Gasteiger partial charge in [0.1, 0.15) is 0 Å². The highest BCUT2D eigenvalue weighted by Crippen LogP contribution is 2.39. The van der Waals surface area contributed by atoms with E-state index in [2.05, 4.69) is 0 Å². The van der Waals surface area contributed by atoms with Crippen molar-refractivity contribution < 1.29 is 13.2 Å². The summed E-state index contributed by atoms with van der Waals surface area (Å²) in [5.41, 5.74) is 4.75. The van der Waals surface area contributed by atoms with Crippen molar-refractivity contribution >= 4 is 27.2 Å². The van der Waals surface area contributed by atoms with E-state index in [0.29, 0.717) is 0 Å². The van der Waals surface area contributed by atoms with Crippen molar-refractivity contribution in [2.24, 2.45) is 0 Å². The molecule has 2 fully saturated rings. The van der Waals surface area contributed by atoms with Crippen molar-refractivity contribution in [1.29, 1.82) is 0 Å². The molecule has 0 aliphatic carbocycles. The first-order valence-electron chi connectivity index (χ1n) is 8.74. The van der Waals surface area contributed by atoms with Crippen molar-refractivity contribution in [2.45, 2.75) is 32.9 Å². The van der Waals surface area contributed by atoms with Crippen molar-refractivity contribution in [3.63, 3.8) is 0 Å². The van der Waals surface area contributed by atoms with Gasteiger partial charge in [-0.25, -0.2) is 13.2 Å². The lowest BCUT2D eigenvalue weighted by atomic mass is 10.1. The van der Waals surface area contributed by atoms with Gasteiger partial charge in [0.25, 0.3) is 0 Å². The van der Waals surface area contributed by atoms with Crippen LogP contribution in [0.1, 0.15) is 16.7 Å². The van der Waals surface area contributed by atoms with Crippen LogP contribution in [0.3, 0.4) is 0 Å². The van der Waals surface area contributed by atoms with E-state index in [1.165, 1.54) is 0 Å². The lowest BCUT2D eigenvalue weighted by Gasteiger charge is -2.24. The summed E-state index contributed by atoms with van der Waals surface area (Å²) in [6, 6.07) is 12.6. The maximum absolute atomic E-state index is 13.3. The van der Waals surface area contributed by atoms with E-state index in [4.69, 9.17) is 0 Å². The fraction of sp³-hybridized carbons (Fsp3) is 0.350. The Hall–Kier alpha value is -2.34. The standard InChI is InChI=1S/C20H22N2O3S/c1-13-8-9-16(10-15(13)3)21-18-11-26(24,25)12-19(18)22(20(21)23)17-7-5-4-6-14(17)2/h4-10,18-19H,11-12H2,1-3H3/t18-,19+/m0/s1. The number of rotatable bonds is 2. The summed E-state index contributed by atoms with van der Waals surface area (Å²) in [5, 5.41) is 0. The summed E-state index contributed by atoms with van der Waals surface area (Å²) in [7, 11) is -3.18. The maximum atomic E-state index is 13.3. The number of nitrogens with zero attached hydrogens (tertiary/aromatic N) is 2. The Morgan fingerprint density at radius 1 is 0.846 bits per heavy atom. The predicted molar refractivity (Wildman–Crippen MR) is 104 cm³/mol. The molecule has 0 unspecified atom stereocenters. The molecule has 0 aromatic heterocycles. The molecule has 0 bridgehead atoms. The minimum Gasteiger partial charge on any atom is -0.288 e. The molecule has 136 valence electrons. The number of anilines is 2. The summed E-state index contributed by atoms with van der Waals surface area (Å²) >= 11 is 0. The Bertz CT molecular complexity index is 1000. The van der Waals surface area contributed by atoms with Crippen LogP contribution in [0, 0.1) is 20.8 Å². The number of sulfone groups is 1. The molecule has 2 aliphatic rings. The van der Waals surface area contributed by atoms with Gasteiger partial charge in [-0.15, -0.1) is 0 Å². The van der Waals surface area contributed by atoms with Gasteiger partial charge in [-0.3, -0.25) is 9.80 Å². The van der Waals surface area contributed by atoms with Crippen LogP contribution in [0.25, 0.3) is 0 Å². The van der Waals surface area contributed by atoms with E-state index in [0.717, 1.165) is 28.1 Å². The number of carbonyl (C=O) groups excluding carboxylic acids is 1. The van der Waals surface area contributed by atoms with Gasteiger partial charge in [0.05, 0.1) is 23.6 Å². The number of para-hydroxylation sites is 1. The largest absolute Gasteiger partial charge is 0.329 e. The second-order valence-corrected chi connectivity index (χ2v) is 9.44. The third-order valence-electron chi connectivity index (χ3n) is 5.51. The number of aryl methyl sites for hydroxylation is 3. The lowest BCUT2D eigenvalue weighted by Crippen LogP contribution is -2.38. The highest BCUT2D eigenvalue weighted by Gasteiger charge is 2.54. The Kier molecular flexibility index (Phi) is 3.84. The molecule has 0 N–H and O–H groups in total. The zero-order valence-corrected chi connectivity index (χ0v) is 16.0. The molecule has 2 aliphatic heterocycles. The van der Waals surface area contributed by atoms with E-state index in [9.17, 15) is 13.2 Å². The quantitative estimate of drug-likeness (QED) is 0.763. The van der Waals surface area contributed by atoms with Crippen LogP contribution >= 0.6 is 0 Å². The maximum Gasteiger partial charge on any atom is 0.329 e. The molecule has 6 heteroatoms. The third-order valence-corrected chi connectivity index (χ3v) is 7.21. The van der Waals surface area contributed by atoms with Gasteiger partial charge in [0.15, 0.2) is 9.84 Å². The van der Waals surface area contributed by atoms with Crippen LogP contribution < -0.4 is 9.80 Å². The number of hydrogen-bond donors (Lipinski definition) is 0. The van der Waals surface area contributed by atoms with Gasteiger partial charge in [-0.2, -0.15) is 0 Å². The summed E-state index contributed by atoms with van der Waals surface area (Å²) < 4.78 is 24.7. The third kappa shape index (κ3) is 2.60. The monoisotopic (exact) mass is 370 g/mol. The Morgan fingerprint density at radius 3 is 2.15 bits per heavy atom. The molecule has 2 aromatic carbocycles. The first-order chi connectivity index (χ1) is 12.3.